The Morgan fingerprint density at radius 3 is 2.69 bits per heavy atom. The zero-order valence-electron chi connectivity index (χ0n) is 15.4. The van der Waals surface area contributed by atoms with Crippen molar-refractivity contribution in [3.8, 4) is 0 Å². The molecule has 29 heavy (non-hydrogen) atoms. The lowest BCUT2D eigenvalue weighted by molar-refractivity contribution is -0.133. The van der Waals surface area contributed by atoms with Gasteiger partial charge in [0.25, 0.3) is 11.1 Å². The maximum absolute atomic E-state index is 12.9. The molecule has 8 heteroatoms. The molecule has 1 aliphatic rings. The predicted octanol–water partition coefficient (Wildman–Crippen LogP) is 2.41. The number of benzene rings is 2. The second-order valence-corrected chi connectivity index (χ2v) is 7.65. The molecule has 146 valence electrons. The van der Waals surface area contributed by atoms with E-state index in [1.54, 1.807) is 29.2 Å². The summed E-state index contributed by atoms with van der Waals surface area (Å²) in [6.45, 7) is 0.761. The van der Waals surface area contributed by atoms with Crippen molar-refractivity contribution in [3.63, 3.8) is 0 Å². The van der Waals surface area contributed by atoms with Gasteiger partial charge in [0.05, 0.1) is 10.8 Å². The third-order valence-corrected chi connectivity index (χ3v) is 5.70. The summed E-state index contributed by atoms with van der Waals surface area (Å²) >= 11 is 6.14. The number of nitrogens with one attached hydrogen (secondary N) is 2. The fourth-order valence-corrected chi connectivity index (χ4v) is 4.16. The molecule has 7 nitrogen and oxygen atoms in total. The number of nitrogens with zero attached hydrogens (tertiary/aromatic N) is 2. The molecule has 2 aromatic heterocycles. The Morgan fingerprint density at radius 1 is 1.07 bits per heavy atom. The lowest BCUT2D eigenvalue weighted by Crippen LogP contribution is -2.41. The van der Waals surface area contributed by atoms with Crippen molar-refractivity contribution in [2.75, 3.05) is 6.54 Å². The summed E-state index contributed by atoms with van der Waals surface area (Å²) in [5, 5.41) is 4.78. The highest BCUT2D eigenvalue weighted by Crippen LogP contribution is 2.29. The van der Waals surface area contributed by atoms with Crippen LogP contribution in [-0.2, 0) is 24.3 Å². The highest BCUT2D eigenvalue weighted by molar-refractivity contribution is 6.31. The van der Waals surface area contributed by atoms with E-state index in [0.717, 1.165) is 26.8 Å². The first kappa shape index (κ1) is 17.8. The van der Waals surface area contributed by atoms with Gasteiger partial charge in [0.1, 0.15) is 6.54 Å². The molecule has 4 aromatic rings. The molecule has 0 fully saturated rings. The van der Waals surface area contributed by atoms with Crippen LogP contribution in [0.2, 0.25) is 5.02 Å². The van der Waals surface area contributed by atoms with E-state index in [1.807, 2.05) is 18.2 Å². The van der Waals surface area contributed by atoms with Gasteiger partial charge in [0.2, 0.25) is 5.91 Å². The number of carbonyl (C=O) groups excluding carboxylic acids is 1. The molecule has 0 spiro atoms. The molecule has 0 bridgehead atoms. The molecular weight excluding hydrogens is 392 g/mol. The summed E-state index contributed by atoms with van der Waals surface area (Å²) in [7, 11) is 0. The van der Waals surface area contributed by atoms with Crippen LogP contribution in [0.15, 0.2) is 52.1 Å². The fourth-order valence-electron chi connectivity index (χ4n) is 3.99. The highest BCUT2D eigenvalue weighted by Gasteiger charge is 2.25. The standard InChI is InChI=1S/C21H17ClN4O3/c22-12-5-6-17-15(9-12)16-10-25(8-7-18(16)23-17)19(27)11-26-21(29)14-4-2-1-3-13(14)20(28)24-26/h1-6,9,23H,7-8,10-11H2,(H,24,28). The second kappa shape index (κ2) is 6.63. The molecule has 0 atom stereocenters. The van der Waals surface area contributed by atoms with Gasteiger partial charge in [0, 0.05) is 46.7 Å². The molecule has 1 amide bonds. The fraction of sp³-hybridized carbons (Fsp3) is 0.190. The first-order valence-electron chi connectivity index (χ1n) is 9.30. The third kappa shape index (κ3) is 2.94. The maximum atomic E-state index is 12.9. The molecule has 0 radical (unpaired) electrons. The average molecular weight is 409 g/mol. The normalized spacial score (nSPS) is 13.8. The van der Waals surface area contributed by atoms with E-state index in [-0.39, 0.29) is 23.6 Å². The van der Waals surface area contributed by atoms with Crippen molar-refractivity contribution in [1.29, 1.82) is 0 Å². The van der Waals surface area contributed by atoms with Crippen LogP contribution in [0.1, 0.15) is 11.3 Å². The van der Waals surface area contributed by atoms with E-state index in [0.29, 0.717) is 35.3 Å². The second-order valence-electron chi connectivity index (χ2n) is 7.22. The minimum atomic E-state index is -0.389. The maximum Gasteiger partial charge on any atom is 0.273 e. The Bertz CT molecular complexity index is 1400. The van der Waals surface area contributed by atoms with Crippen LogP contribution in [0.5, 0.6) is 0 Å². The number of H-pyrrole nitrogens is 2. The zero-order chi connectivity index (χ0) is 20.1. The van der Waals surface area contributed by atoms with E-state index in [9.17, 15) is 14.4 Å². The Hall–Kier alpha value is -3.32. The Balaban J connectivity index is 1.46. The van der Waals surface area contributed by atoms with Crippen LogP contribution >= 0.6 is 11.6 Å². The van der Waals surface area contributed by atoms with Gasteiger partial charge in [-0.1, -0.05) is 23.7 Å². The minimum Gasteiger partial charge on any atom is -0.358 e. The smallest absolute Gasteiger partial charge is 0.273 e. The number of aromatic nitrogens is 3. The number of rotatable bonds is 2. The van der Waals surface area contributed by atoms with E-state index >= 15 is 0 Å². The monoisotopic (exact) mass is 408 g/mol. The van der Waals surface area contributed by atoms with Gasteiger partial charge in [-0.15, -0.1) is 0 Å². The molecule has 1 aliphatic heterocycles. The largest absolute Gasteiger partial charge is 0.358 e. The highest BCUT2D eigenvalue weighted by atomic mass is 35.5. The van der Waals surface area contributed by atoms with Gasteiger partial charge in [-0.3, -0.25) is 19.5 Å². The van der Waals surface area contributed by atoms with E-state index in [4.69, 9.17) is 11.6 Å². The summed E-state index contributed by atoms with van der Waals surface area (Å²) in [6, 6.07) is 12.2. The summed E-state index contributed by atoms with van der Waals surface area (Å²) in [5.41, 5.74) is 2.36. The number of hydrogen-bond acceptors (Lipinski definition) is 3. The van der Waals surface area contributed by atoms with Crippen LogP contribution in [0.3, 0.4) is 0 Å². The lowest BCUT2D eigenvalue weighted by Gasteiger charge is -2.27. The van der Waals surface area contributed by atoms with Gasteiger partial charge >= 0.3 is 0 Å². The number of hydrogen-bond donors (Lipinski definition) is 2. The van der Waals surface area contributed by atoms with Crippen molar-refractivity contribution in [3.05, 3.63) is 79.5 Å². The molecule has 2 N–H and O–H groups in total. The average Bonchev–Trinajstić information content (AvgIpc) is 3.09. The molecule has 2 aromatic carbocycles. The van der Waals surface area contributed by atoms with Gasteiger partial charge < -0.3 is 9.88 Å². The minimum absolute atomic E-state index is 0.211. The van der Waals surface area contributed by atoms with Crippen LogP contribution in [0, 0.1) is 0 Å². The van der Waals surface area contributed by atoms with Crippen molar-refractivity contribution < 1.29 is 4.79 Å². The summed E-state index contributed by atoms with van der Waals surface area (Å²) < 4.78 is 1.09. The molecule has 5 rings (SSSR count). The number of aromatic amines is 2. The first-order chi connectivity index (χ1) is 14.0. The van der Waals surface area contributed by atoms with Crippen molar-refractivity contribution >= 4 is 39.2 Å². The van der Waals surface area contributed by atoms with Gasteiger partial charge in [-0.25, -0.2) is 4.68 Å². The predicted molar refractivity (Wildman–Crippen MR) is 111 cm³/mol. The summed E-state index contributed by atoms with van der Waals surface area (Å²) in [5.74, 6) is -0.222. The number of carbonyl (C=O) groups is 1. The van der Waals surface area contributed by atoms with E-state index in [2.05, 4.69) is 10.1 Å². The molecular formula is C21H17ClN4O3. The molecule has 0 saturated carbocycles. The Kier molecular flexibility index (Phi) is 4.06. The van der Waals surface area contributed by atoms with Crippen LogP contribution in [0.4, 0.5) is 0 Å². The lowest BCUT2D eigenvalue weighted by atomic mass is 10.0. The Labute approximate surface area is 169 Å². The summed E-state index contributed by atoms with van der Waals surface area (Å²) in [4.78, 5) is 42.9. The number of fused-ring (bicyclic) bond motifs is 4. The van der Waals surface area contributed by atoms with E-state index < -0.39 is 0 Å². The van der Waals surface area contributed by atoms with Crippen molar-refractivity contribution in [2.24, 2.45) is 0 Å². The molecule has 3 heterocycles. The number of amides is 1. The van der Waals surface area contributed by atoms with Gasteiger partial charge in [-0.05, 0) is 30.3 Å². The first-order valence-corrected chi connectivity index (χ1v) is 9.67. The topological polar surface area (TPSA) is 91.0 Å². The SMILES string of the molecule is O=C(Cn1[nH]c(=O)c2ccccc2c1=O)N1CCc2[nH]c3ccc(Cl)cc3c2C1. The summed E-state index contributed by atoms with van der Waals surface area (Å²) in [6.07, 6.45) is 0.691. The van der Waals surface area contributed by atoms with E-state index in [1.165, 1.54) is 0 Å². The van der Waals surface area contributed by atoms with Gasteiger partial charge in [0.15, 0.2) is 0 Å². The van der Waals surface area contributed by atoms with Crippen LogP contribution in [0.25, 0.3) is 21.7 Å². The van der Waals surface area contributed by atoms with Crippen LogP contribution in [-0.4, -0.2) is 32.1 Å². The molecule has 0 aliphatic carbocycles. The quantitative estimate of drug-likeness (QED) is 0.533. The van der Waals surface area contributed by atoms with Gasteiger partial charge in [-0.2, -0.15) is 0 Å². The molecule has 0 saturated heterocycles. The van der Waals surface area contributed by atoms with Crippen molar-refractivity contribution in [2.45, 2.75) is 19.5 Å². The zero-order valence-corrected chi connectivity index (χ0v) is 16.1. The molecule has 0 unspecified atom stereocenters. The third-order valence-electron chi connectivity index (χ3n) is 5.47. The van der Waals surface area contributed by atoms with Crippen LogP contribution < -0.4 is 11.1 Å². The van der Waals surface area contributed by atoms with Crippen molar-refractivity contribution in [1.82, 2.24) is 19.7 Å². The number of halogens is 1. The Morgan fingerprint density at radius 2 is 1.86 bits per heavy atom.